The molecule has 0 aromatic heterocycles. The molecule has 3 N–H and O–H groups in total. The highest BCUT2D eigenvalue weighted by Crippen LogP contribution is 2.11. The number of guanidine groups is 1. The minimum atomic E-state index is -0.0912. The van der Waals surface area contributed by atoms with Crippen LogP contribution in [0.1, 0.15) is 36.5 Å². The van der Waals surface area contributed by atoms with Crippen molar-refractivity contribution in [3.8, 4) is 5.75 Å². The van der Waals surface area contributed by atoms with Crippen molar-refractivity contribution in [3.05, 3.63) is 29.8 Å². The summed E-state index contributed by atoms with van der Waals surface area (Å²) in [7, 11) is 1.61. The summed E-state index contributed by atoms with van der Waals surface area (Å²) >= 11 is 0. The number of aliphatic imine (C=N–C) groups is 1. The van der Waals surface area contributed by atoms with Crippen molar-refractivity contribution in [3.63, 3.8) is 0 Å². The van der Waals surface area contributed by atoms with E-state index in [4.69, 9.17) is 4.74 Å². The molecular formula is C20H33N5O2. The molecule has 1 amide bonds. The maximum absolute atomic E-state index is 12.1. The van der Waals surface area contributed by atoms with Gasteiger partial charge in [-0.15, -0.1) is 0 Å². The molecule has 1 aliphatic rings. The highest BCUT2D eigenvalue weighted by molar-refractivity contribution is 5.94. The van der Waals surface area contributed by atoms with Crippen molar-refractivity contribution in [2.75, 3.05) is 52.9 Å². The summed E-state index contributed by atoms with van der Waals surface area (Å²) in [5, 5.41) is 9.42. The summed E-state index contributed by atoms with van der Waals surface area (Å²) in [6.45, 7) is 8.19. The summed E-state index contributed by atoms with van der Waals surface area (Å²) in [6.07, 6.45) is 3.96. The van der Waals surface area contributed by atoms with Crippen LogP contribution >= 0.6 is 0 Å². The molecule has 0 saturated carbocycles. The fraction of sp³-hybridized carbons (Fsp3) is 0.600. The number of carbonyl (C=O) groups excluding carboxylic acids is 1. The van der Waals surface area contributed by atoms with Crippen LogP contribution in [0.2, 0.25) is 0 Å². The number of hydrogen-bond donors (Lipinski definition) is 3. The monoisotopic (exact) mass is 375 g/mol. The highest BCUT2D eigenvalue weighted by atomic mass is 16.5. The summed E-state index contributed by atoms with van der Waals surface area (Å²) in [4.78, 5) is 19.2. The number of piperidine rings is 1. The van der Waals surface area contributed by atoms with E-state index in [0.29, 0.717) is 18.7 Å². The first-order valence-electron chi connectivity index (χ1n) is 9.89. The van der Waals surface area contributed by atoms with Crippen LogP contribution in [-0.4, -0.2) is 69.7 Å². The van der Waals surface area contributed by atoms with Gasteiger partial charge in [0, 0.05) is 31.7 Å². The number of amides is 1. The summed E-state index contributed by atoms with van der Waals surface area (Å²) in [6, 6.07) is 7.08. The van der Waals surface area contributed by atoms with Crippen molar-refractivity contribution in [1.82, 2.24) is 20.9 Å². The van der Waals surface area contributed by atoms with Crippen molar-refractivity contribution in [1.29, 1.82) is 0 Å². The minimum absolute atomic E-state index is 0.0912. The zero-order chi connectivity index (χ0) is 19.3. The molecule has 1 aromatic carbocycles. The Morgan fingerprint density at radius 1 is 1.07 bits per heavy atom. The Labute approximate surface area is 162 Å². The molecule has 0 aliphatic carbocycles. The molecule has 27 heavy (non-hydrogen) atoms. The second-order valence-electron chi connectivity index (χ2n) is 6.57. The second kappa shape index (κ2) is 12.2. The summed E-state index contributed by atoms with van der Waals surface area (Å²) in [5.41, 5.74) is 0.623. The fourth-order valence-electron chi connectivity index (χ4n) is 3.03. The number of likely N-dealkylation sites (tertiary alicyclic amines) is 1. The highest BCUT2D eigenvalue weighted by Gasteiger charge is 2.09. The van der Waals surface area contributed by atoms with Crippen LogP contribution < -0.4 is 20.7 Å². The van der Waals surface area contributed by atoms with E-state index in [0.717, 1.165) is 31.3 Å². The number of ether oxygens (including phenoxy) is 1. The van der Waals surface area contributed by atoms with Gasteiger partial charge in [-0.1, -0.05) is 6.42 Å². The predicted molar refractivity (Wildman–Crippen MR) is 110 cm³/mol. The molecular weight excluding hydrogens is 342 g/mol. The van der Waals surface area contributed by atoms with Gasteiger partial charge in [0.25, 0.3) is 5.91 Å². The third kappa shape index (κ3) is 7.86. The number of nitrogens with one attached hydrogen (secondary N) is 3. The number of rotatable bonds is 9. The quantitative estimate of drug-likeness (QED) is 0.346. The molecule has 1 heterocycles. The molecule has 150 valence electrons. The first kappa shape index (κ1) is 21.0. The number of methoxy groups -OCH3 is 1. The average Bonchev–Trinajstić information content (AvgIpc) is 2.71. The lowest BCUT2D eigenvalue weighted by atomic mass is 10.1. The Bertz CT molecular complexity index is 583. The Morgan fingerprint density at radius 3 is 2.44 bits per heavy atom. The van der Waals surface area contributed by atoms with Crippen LogP contribution in [0.5, 0.6) is 5.75 Å². The van der Waals surface area contributed by atoms with Crippen LogP contribution in [0, 0.1) is 0 Å². The van der Waals surface area contributed by atoms with E-state index in [1.54, 1.807) is 31.4 Å². The van der Waals surface area contributed by atoms with Crippen LogP contribution in [-0.2, 0) is 0 Å². The lowest BCUT2D eigenvalue weighted by Crippen LogP contribution is -2.42. The zero-order valence-corrected chi connectivity index (χ0v) is 16.6. The Hall–Kier alpha value is -2.28. The lowest BCUT2D eigenvalue weighted by Gasteiger charge is -2.25. The number of benzene rings is 1. The zero-order valence-electron chi connectivity index (χ0n) is 16.6. The maximum Gasteiger partial charge on any atom is 0.251 e. The molecule has 2 rings (SSSR count). The number of nitrogens with zero attached hydrogens (tertiary/aromatic N) is 2. The summed E-state index contributed by atoms with van der Waals surface area (Å²) < 4.78 is 5.10. The normalized spacial score (nSPS) is 15.3. The van der Waals surface area contributed by atoms with Gasteiger partial charge in [-0.05, 0) is 57.1 Å². The molecule has 0 unspecified atom stereocenters. The van der Waals surface area contributed by atoms with Gasteiger partial charge in [-0.25, -0.2) is 0 Å². The molecule has 1 fully saturated rings. The fourth-order valence-corrected chi connectivity index (χ4v) is 3.03. The van der Waals surface area contributed by atoms with E-state index in [1.807, 2.05) is 6.92 Å². The van der Waals surface area contributed by atoms with Gasteiger partial charge in [-0.3, -0.25) is 9.79 Å². The first-order valence-corrected chi connectivity index (χ1v) is 9.89. The molecule has 1 saturated heterocycles. The van der Waals surface area contributed by atoms with Gasteiger partial charge in [0.05, 0.1) is 13.7 Å². The van der Waals surface area contributed by atoms with E-state index in [9.17, 15) is 4.79 Å². The predicted octanol–water partition coefficient (Wildman–Crippen LogP) is 1.47. The van der Waals surface area contributed by atoms with Crippen molar-refractivity contribution in [2.45, 2.75) is 26.2 Å². The maximum atomic E-state index is 12.1. The topological polar surface area (TPSA) is 78.0 Å². The van der Waals surface area contributed by atoms with Crippen LogP contribution in [0.25, 0.3) is 0 Å². The van der Waals surface area contributed by atoms with E-state index >= 15 is 0 Å². The van der Waals surface area contributed by atoms with Gasteiger partial charge in [0.15, 0.2) is 5.96 Å². The standard InChI is InChI=1S/C20H33N5O2/c1-3-21-20(24-13-16-25-14-5-4-6-15-25)23-12-11-22-19(26)17-7-9-18(27-2)10-8-17/h7-10H,3-6,11-16H2,1-2H3,(H,22,26)(H2,21,23,24). The van der Waals surface area contributed by atoms with Crippen LogP contribution in [0.15, 0.2) is 29.3 Å². The third-order valence-corrected chi connectivity index (χ3v) is 4.53. The van der Waals surface area contributed by atoms with E-state index in [1.165, 1.54) is 32.4 Å². The van der Waals surface area contributed by atoms with Gasteiger partial charge in [0.1, 0.15) is 5.75 Å². The SMILES string of the molecule is CCNC(=NCCN1CCCCC1)NCCNC(=O)c1ccc(OC)cc1. The lowest BCUT2D eigenvalue weighted by molar-refractivity contribution is 0.0954. The average molecular weight is 376 g/mol. The summed E-state index contributed by atoms with van der Waals surface area (Å²) in [5.74, 6) is 1.45. The Morgan fingerprint density at radius 2 is 1.78 bits per heavy atom. The van der Waals surface area contributed by atoms with E-state index in [2.05, 4.69) is 25.8 Å². The molecule has 0 atom stereocenters. The molecule has 0 bridgehead atoms. The van der Waals surface area contributed by atoms with Crippen molar-refractivity contribution < 1.29 is 9.53 Å². The largest absolute Gasteiger partial charge is 0.497 e. The van der Waals surface area contributed by atoms with Gasteiger partial charge in [0.2, 0.25) is 0 Å². The Kier molecular flexibility index (Phi) is 9.48. The molecule has 0 radical (unpaired) electrons. The van der Waals surface area contributed by atoms with Crippen molar-refractivity contribution in [2.24, 2.45) is 4.99 Å². The first-order chi connectivity index (χ1) is 13.2. The minimum Gasteiger partial charge on any atom is -0.497 e. The number of carbonyl (C=O) groups is 1. The van der Waals surface area contributed by atoms with Gasteiger partial charge in [-0.2, -0.15) is 0 Å². The molecule has 7 nitrogen and oxygen atoms in total. The van der Waals surface area contributed by atoms with Gasteiger partial charge >= 0.3 is 0 Å². The molecule has 1 aliphatic heterocycles. The third-order valence-electron chi connectivity index (χ3n) is 4.53. The molecule has 0 spiro atoms. The van der Waals surface area contributed by atoms with Crippen molar-refractivity contribution >= 4 is 11.9 Å². The van der Waals surface area contributed by atoms with Crippen LogP contribution in [0.3, 0.4) is 0 Å². The molecule has 7 heteroatoms. The van der Waals surface area contributed by atoms with E-state index in [-0.39, 0.29) is 5.91 Å². The van der Waals surface area contributed by atoms with E-state index < -0.39 is 0 Å². The Balaban J connectivity index is 1.68. The molecule has 1 aromatic rings. The smallest absolute Gasteiger partial charge is 0.251 e. The van der Waals surface area contributed by atoms with Gasteiger partial charge < -0.3 is 25.6 Å². The second-order valence-corrected chi connectivity index (χ2v) is 6.57. The number of hydrogen-bond acceptors (Lipinski definition) is 4. The van der Waals surface area contributed by atoms with Crippen LogP contribution in [0.4, 0.5) is 0 Å².